The standard InChI is InChI=1S/C7H15NO.C2H3N.C2H6/c1-5(6(8)9)7(2,3)4;1-2-3;1-2/h5H,1-4H3,(H2,8,9);1H3;1-2H3. The Morgan fingerprint density at radius 2 is 1.57 bits per heavy atom. The predicted molar refractivity (Wildman–Crippen MR) is 60.4 cm³/mol. The maximum absolute atomic E-state index is 10.6. The van der Waals surface area contributed by atoms with Crippen LogP contribution in [0.3, 0.4) is 0 Å². The van der Waals surface area contributed by atoms with Crippen molar-refractivity contribution in [3.63, 3.8) is 0 Å². The first kappa shape index (κ1) is 18.7. The predicted octanol–water partition coefficient (Wildman–Crippen LogP) is 2.71. The molecule has 0 aromatic heterocycles. The Kier molecular flexibility index (Phi) is 13.4. The van der Waals surface area contributed by atoms with Crippen LogP contribution in [0.4, 0.5) is 0 Å². The summed E-state index contributed by atoms with van der Waals surface area (Å²) >= 11 is 0. The highest BCUT2D eigenvalue weighted by atomic mass is 16.1. The van der Waals surface area contributed by atoms with Gasteiger partial charge in [-0.15, -0.1) is 0 Å². The van der Waals surface area contributed by atoms with Crippen molar-refractivity contribution in [2.24, 2.45) is 17.1 Å². The third kappa shape index (κ3) is 13.5. The molecule has 0 aliphatic rings. The van der Waals surface area contributed by atoms with E-state index < -0.39 is 0 Å². The zero-order valence-electron chi connectivity index (χ0n) is 10.5. The molecule has 0 aliphatic carbocycles. The average molecular weight is 200 g/mol. The summed E-state index contributed by atoms with van der Waals surface area (Å²) in [5, 5.41) is 7.32. The second kappa shape index (κ2) is 10.0. The van der Waals surface area contributed by atoms with Crippen LogP contribution in [0.15, 0.2) is 0 Å². The number of primary amides is 1. The van der Waals surface area contributed by atoms with Gasteiger partial charge in [0.25, 0.3) is 0 Å². The Balaban J connectivity index is -0.000000205. The number of hydrogen-bond acceptors (Lipinski definition) is 2. The third-order valence-electron chi connectivity index (χ3n) is 1.73. The molecule has 1 atom stereocenters. The zero-order chi connectivity index (χ0) is 12.4. The fourth-order valence-corrected chi connectivity index (χ4v) is 0.427. The van der Waals surface area contributed by atoms with Gasteiger partial charge < -0.3 is 5.73 Å². The van der Waals surface area contributed by atoms with E-state index in [0.29, 0.717) is 0 Å². The highest BCUT2D eigenvalue weighted by Gasteiger charge is 2.24. The van der Waals surface area contributed by atoms with E-state index in [1.54, 1.807) is 6.07 Å². The van der Waals surface area contributed by atoms with E-state index in [2.05, 4.69) is 0 Å². The Labute approximate surface area is 88.3 Å². The average Bonchev–Trinajstić information content (AvgIpc) is 2.06. The molecule has 0 spiro atoms. The number of hydrogen-bond donors (Lipinski definition) is 1. The lowest BCUT2D eigenvalue weighted by atomic mass is 9.82. The van der Waals surface area contributed by atoms with E-state index in [0.717, 1.165) is 0 Å². The summed E-state index contributed by atoms with van der Waals surface area (Å²) in [6.07, 6.45) is 0. The summed E-state index contributed by atoms with van der Waals surface area (Å²) in [4.78, 5) is 10.6. The van der Waals surface area contributed by atoms with Crippen LogP contribution in [0.2, 0.25) is 0 Å². The largest absolute Gasteiger partial charge is 0.369 e. The zero-order valence-corrected chi connectivity index (χ0v) is 10.5. The minimum Gasteiger partial charge on any atom is -0.369 e. The lowest BCUT2D eigenvalue weighted by molar-refractivity contribution is -0.124. The number of amides is 1. The summed E-state index contributed by atoms with van der Waals surface area (Å²) in [7, 11) is 0. The molecule has 3 nitrogen and oxygen atoms in total. The van der Waals surface area contributed by atoms with E-state index in [4.69, 9.17) is 11.0 Å². The minimum absolute atomic E-state index is 0.00579. The summed E-state index contributed by atoms with van der Waals surface area (Å²) in [5.41, 5.74) is 5.09. The molecule has 1 unspecified atom stereocenters. The van der Waals surface area contributed by atoms with Crippen LogP contribution in [0, 0.1) is 22.7 Å². The number of carbonyl (C=O) groups excluding carboxylic acids is 1. The quantitative estimate of drug-likeness (QED) is 0.707. The first-order valence-electron chi connectivity index (χ1n) is 4.87. The Morgan fingerprint density at radius 3 is 1.57 bits per heavy atom. The van der Waals surface area contributed by atoms with Gasteiger partial charge in [-0.2, -0.15) is 5.26 Å². The van der Waals surface area contributed by atoms with Crippen molar-refractivity contribution < 1.29 is 4.79 Å². The summed E-state index contributed by atoms with van der Waals surface area (Å²) in [6.45, 7) is 13.3. The lowest BCUT2D eigenvalue weighted by Gasteiger charge is -2.23. The summed E-state index contributed by atoms with van der Waals surface area (Å²) < 4.78 is 0. The summed E-state index contributed by atoms with van der Waals surface area (Å²) in [6, 6.07) is 1.75. The molecule has 0 saturated heterocycles. The maximum atomic E-state index is 10.6. The molecule has 0 rings (SSSR count). The fraction of sp³-hybridized carbons (Fsp3) is 0.818. The second-order valence-corrected chi connectivity index (χ2v) is 3.71. The van der Waals surface area contributed by atoms with Crippen molar-refractivity contribution in [2.75, 3.05) is 0 Å². The lowest BCUT2D eigenvalue weighted by Crippen LogP contribution is -2.31. The number of nitrogens with zero attached hydrogens (tertiary/aromatic N) is 1. The van der Waals surface area contributed by atoms with Crippen molar-refractivity contribution in [1.29, 1.82) is 5.26 Å². The molecule has 3 heteroatoms. The van der Waals surface area contributed by atoms with Gasteiger partial charge in [0.1, 0.15) is 0 Å². The molecule has 84 valence electrons. The molecule has 0 aromatic rings. The van der Waals surface area contributed by atoms with Crippen molar-refractivity contribution in [3.8, 4) is 6.07 Å². The van der Waals surface area contributed by atoms with Crippen LogP contribution in [0.25, 0.3) is 0 Å². The molecule has 0 saturated carbocycles. The molecule has 0 bridgehead atoms. The Morgan fingerprint density at radius 1 is 1.36 bits per heavy atom. The van der Waals surface area contributed by atoms with Crippen LogP contribution in [-0.2, 0) is 4.79 Å². The normalized spacial score (nSPS) is 10.7. The molecule has 0 heterocycles. The minimum atomic E-state index is -0.220. The molecule has 0 radical (unpaired) electrons. The molecule has 0 fully saturated rings. The van der Waals surface area contributed by atoms with Gasteiger partial charge >= 0.3 is 0 Å². The maximum Gasteiger partial charge on any atom is 0.220 e. The van der Waals surface area contributed by atoms with Crippen LogP contribution in [0.1, 0.15) is 48.5 Å². The molecule has 0 aromatic carbocycles. The van der Waals surface area contributed by atoms with E-state index >= 15 is 0 Å². The van der Waals surface area contributed by atoms with Gasteiger partial charge in [-0.25, -0.2) is 0 Å². The highest BCUT2D eigenvalue weighted by molar-refractivity contribution is 5.76. The monoisotopic (exact) mass is 200 g/mol. The second-order valence-electron chi connectivity index (χ2n) is 3.71. The molecule has 14 heavy (non-hydrogen) atoms. The highest BCUT2D eigenvalue weighted by Crippen LogP contribution is 2.24. The molecule has 0 aliphatic heterocycles. The van der Waals surface area contributed by atoms with E-state index in [1.165, 1.54) is 6.92 Å². The number of rotatable bonds is 1. The Hall–Kier alpha value is -1.04. The number of carbonyl (C=O) groups is 1. The SMILES string of the molecule is CC.CC#N.CC(C(N)=O)C(C)(C)C. The van der Waals surface area contributed by atoms with Crippen LogP contribution < -0.4 is 5.73 Å². The topological polar surface area (TPSA) is 66.9 Å². The van der Waals surface area contributed by atoms with Gasteiger partial charge in [-0.3, -0.25) is 4.79 Å². The van der Waals surface area contributed by atoms with Crippen molar-refractivity contribution in [2.45, 2.75) is 48.5 Å². The van der Waals surface area contributed by atoms with Crippen molar-refractivity contribution in [3.05, 3.63) is 0 Å². The number of nitriles is 1. The van der Waals surface area contributed by atoms with Gasteiger partial charge in [-0.05, 0) is 5.41 Å². The summed E-state index contributed by atoms with van der Waals surface area (Å²) in [5.74, 6) is -0.264. The first-order valence-corrected chi connectivity index (χ1v) is 4.87. The first-order chi connectivity index (χ1) is 6.27. The number of nitrogens with two attached hydrogens (primary N) is 1. The van der Waals surface area contributed by atoms with Crippen LogP contribution >= 0.6 is 0 Å². The molecular weight excluding hydrogens is 176 g/mol. The molecular formula is C11H24N2O. The van der Waals surface area contributed by atoms with E-state index in [9.17, 15) is 4.79 Å². The molecule has 2 N–H and O–H groups in total. The van der Waals surface area contributed by atoms with Gasteiger partial charge in [0.15, 0.2) is 0 Å². The van der Waals surface area contributed by atoms with Gasteiger partial charge in [-0.1, -0.05) is 41.5 Å². The fourth-order valence-electron chi connectivity index (χ4n) is 0.427. The van der Waals surface area contributed by atoms with Crippen LogP contribution in [0.5, 0.6) is 0 Å². The van der Waals surface area contributed by atoms with E-state index in [1.807, 2.05) is 41.5 Å². The van der Waals surface area contributed by atoms with Crippen molar-refractivity contribution in [1.82, 2.24) is 0 Å². The molecule has 1 amide bonds. The van der Waals surface area contributed by atoms with E-state index in [-0.39, 0.29) is 17.2 Å². The van der Waals surface area contributed by atoms with Crippen molar-refractivity contribution >= 4 is 5.91 Å². The third-order valence-corrected chi connectivity index (χ3v) is 1.73. The Bertz CT molecular complexity index is 175. The smallest absolute Gasteiger partial charge is 0.220 e. The van der Waals surface area contributed by atoms with Gasteiger partial charge in [0.05, 0.1) is 6.07 Å². The van der Waals surface area contributed by atoms with Gasteiger partial charge in [0.2, 0.25) is 5.91 Å². The van der Waals surface area contributed by atoms with Crippen LogP contribution in [-0.4, -0.2) is 5.91 Å². The van der Waals surface area contributed by atoms with Gasteiger partial charge in [0, 0.05) is 12.8 Å².